The summed E-state index contributed by atoms with van der Waals surface area (Å²) in [4.78, 5) is 13.6. The van der Waals surface area contributed by atoms with Gasteiger partial charge in [0.15, 0.2) is 0 Å². The molecule has 0 aliphatic heterocycles. The minimum atomic E-state index is 0. The summed E-state index contributed by atoms with van der Waals surface area (Å²) in [6, 6.07) is 0. The van der Waals surface area contributed by atoms with E-state index in [1.807, 2.05) is 14.1 Å². The van der Waals surface area contributed by atoms with Crippen LogP contribution in [0.5, 0.6) is 0 Å². The SMILES string of the molecule is CN(C)CC1CCCCCC1=O.Cl. The summed E-state index contributed by atoms with van der Waals surface area (Å²) in [7, 11) is 4.08. The third-order valence-electron chi connectivity index (χ3n) is 2.52. The highest BCUT2D eigenvalue weighted by Crippen LogP contribution is 2.20. The van der Waals surface area contributed by atoms with E-state index in [-0.39, 0.29) is 12.4 Å². The summed E-state index contributed by atoms with van der Waals surface area (Å²) in [5, 5.41) is 0. The van der Waals surface area contributed by atoms with Crippen LogP contribution >= 0.6 is 12.4 Å². The highest BCUT2D eigenvalue weighted by molar-refractivity contribution is 5.85. The van der Waals surface area contributed by atoms with Gasteiger partial charge in [-0.15, -0.1) is 12.4 Å². The minimum Gasteiger partial charge on any atom is -0.309 e. The number of halogens is 1. The van der Waals surface area contributed by atoms with Gasteiger partial charge in [0.25, 0.3) is 0 Å². The Labute approximate surface area is 87.1 Å². The second-order valence-electron chi connectivity index (χ2n) is 4.02. The van der Waals surface area contributed by atoms with Gasteiger partial charge in [0, 0.05) is 18.9 Å². The normalized spacial score (nSPS) is 23.9. The molecule has 1 fully saturated rings. The zero-order chi connectivity index (χ0) is 8.97. The lowest BCUT2D eigenvalue weighted by Gasteiger charge is -2.17. The fourth-order valence-electron chi connectivity index (χ4n) is 1.87. The van der Waals surface area contributed by atoms with E-state index in [1.54, 1.807) is 0 Å². The quantitative estimate of drug-likeness (QED) is 0.644. The van der Waals surface area contributed by atoms with Crippen LogP contribution in [0.25, 0.3) is 0 Å². The molecule has 1 aliphatic carbocycles. The van der Waals surface area contributed by atoms with Crippen LogP contribution in [0.2, 0.25) is 0 Å². The predicted octanol–water partition coefficient (Wildman–Crippen LogP) is 2.12. The second-order valence-corrected chi connectivity index (χ2v) is 4.02. The standard InChI is InChI=1S/C10H19NO.ClH/c1-11(2)8-9-6-4-3-5-7-10(9)12;/h9H,3-8H2,1-2H3;1H. The molecular formula is C10H20ClNO. The minimum absolute atomic E-state index is 0. The first-order valence-corrected chi connectivity index (χ1v) is 4.87. The molecule has 1 atom stereocenters. The summed E-state index contributed by atoms with van der Waals surface area (Å²) < 4.78 is 0. The van der Waals surface area contributed by atoms with Crippen molar-refractivity contribution >= 4 is 18.2 Å². The van der Waals surface area contributed by atoms with Gasteiger partial charge in [0.2, 0.25) is 0 Å². The highest BCUT2D eigenvalue weighted by atomic mass is 35.5. The molecule has 0 heterocycles. The largest absolute Gasteiger partial charge is 0.309 e. The number of hydrogen-bond acceptors (Lipinski definition) is 2. The van der Waals surface area contributed by atoms with E-state index < -0.39 is 0 Å². The van der Waals surface area contributed by atoms with Crippen molar-refractivity contribution in [3.05, 3.63) is 0 Å². The van der Waals surface area contributed by atoms with Gasteiger partial charge in [-0.3, -0.25) is 4.79 Å². The average Bonchev–Trinajstić information content (AvgIpc) is 2.16. The first-order valence-electron chi connectivity index (χ1n) is 4.87. The number of carbonyl (C=O) groups is 1. The van der Waals surface area contributed by atoms with Crippen LogP contribution in [0.4, 0.5) is 0 Å². The number of rotatable bonds is 2. The third kappa shape index (κ3) is 4.63. The Morgan fingerprint density at radius 3 is 2.62 bits per heavy atom. The van der Waals surface area contributed by atoms with Gasteiger partial charge in [0.05, 0.1) is 0 Å². The molecule has 13 heavy (non-hydrogen) atoms. The van der Waals surface area contributed by atoms with Crippen molar-refractivity contribution < 1.29 is 4.79 Å². The van der Waals surface area contributed by atoms with Gasteiger partial charge in [-0.05, 0) is 26.9 Å². The molecule has 1 unspecified atom stereocenters. The third-order valence-corrected chi connectivity index (χ3v) is 2.52. The van der Waals surface area contributed by atoms with Crippen molar-refractivity contribution in [2.24, 2.45) is 5.92 Å². The van der Waals surface area contributed by atoms with Gasteiger partial charge < -0.3 is 4.90 Å². The highest BCUT2D eigenvalue weighted by Gasteiger charge is 2.20. The van der Waals surface area contributed by atoms with Crippen LogP contribution in [0.3, 0.4) is 0 Å². The maximum Gasteiger partial charge on any atom is 0.137 e. The van der Waals surface area contributed by atoms with Gasteiger partial charge in [-0.2, -0.15) is 0 Å². The van der Waals surface area contributed by atoms with Crippen molar-refractivity contribution in [3.63, 3.8) is 0 Å². The molecule has 0 aromatic rings. The molecule has 0 saturated heterocycles. The summed E-state index contributed by atoms with van der Waals surface area (Å²) in [6.07, 6.45) is 5.53. The van der Waals surface area contributed by atoms with Crippen LogP contribution in [0.1, 0.15) is 32.1 Å². The number of ketones is 1. The summed E-state index contributed by atoms with van der Waals surface area (Å²) in [5.41, 5.74) is 0. The topological polar surface area (TPSA) is 20.3 Å². The predicted molar refractivity (Wildman–Crippen MR) is 57.4 cm³/mol. The van der Waals surface area contributed by atoms with Crippen molar-refractivity contribution in [1.29, 1.82) is 0 Å². The van der Waals surface area contributed by atoms with Gasteiger partial charge in [-0.1, -0.05) is 12.8 Å². The van der Waals surface area contributed by atoms with Crippen LogP contribution in [0.15, 0.2) is 0 Å². The first kappa shape index (κ1) is 12.9. The van der Waals surface area contributed by atoms with E-state index in [0.717, 1.165) is 25.8 Å². The molecule has 0 N–H and O–H groups in total. The number of hydrogen-bond donors (Lipinski definition) is 0. The van der Waals surface area contributed by atoms with E-state index >= 15 is 0 Å². The van der Waals surface area contributed by atoms with E-state index in [4.69, 9.17) is 0 Å². The Kier molecular flexibility index (Phi) is 6.35. The fraction of sp³-hybridized carbons (Fsp3) is 0.900. The Morgan fingerprint density at radius 2 is 2.00 bits per heavy atom. The van der Waals surface area contributed by atoms with Gasteiger partial charge in [-0.25, -0.2) is 0 Å². The van der Waals surface area contributed by atoms with Crippen molar-refractivity contribution in [2.45, 2.75) is 32.1 Å². The number of Topliss-reactive ketones (excluding diaryl/α,β-unsaturated/α-hetero) is 1. The molecule has 1 saturated carbocycles. The second kappa shape index (κ2) is 6.39. The van der Waals surface area contributed by atoms with E-state index in [0.29, 0.717) is 11.7 Å². The molecule has 0 aromatic carbocycles. The Balaban J connectivity index is 0.00000144. The zero-order valence-electron chi connectivity index (χ0n) is 8.58. The van der Waals surface area contributed by atoms with Crippen molar-refractivity contribution in [2.75, 3.05) is 20.6 Å². The monoisotopic (exact) mass is 205 g/mol. The Morgan fingerprint density at radius 1 is 1.31 bits per heavy atom. The maximum absolute atomic E-state index is 11.5. The van der Waals surface area contributed by atoms with Crippen LogP contribution in [-0.4, -0.2) is 31.3 Å². The number of nitrogens with zero attached hydrogens (tertiary/aromatic N) is 1. The lowest BCUT2D eigenvalue weighted by Crippen LogP contribution is -2.26. The number of carbonyl (C=O) groups excluding carboxylic acids is 1. The fourth-order valence-corrected chi connectivity index (χ4v) is 1.87. The van der Waals surface area contributed by atoms with Crippen LogP contribution < -0.4 is 0 Å². The zero-order valence-corrected chi connectivity index (χ0v) is 9.40. The molecule has 2 nitrogen and oxygen atoms in total. The molecule has 0 radical (unpaired) electrons. The van der Waals surface area contributed by atoms with E-state index in [2.05, 4.69) is 4.90 Å². The molecule has 0 spiro atoms. The average molecular weight is 206 g/mol. The van der Waals surface area contributed by atoms with Gasteiger partial charge >= 0.3 is 0 Å². The van der Waals surface area contributed by atoms with E-state index in [9.17, 15) is 4.79 Å². The summed E-state index contributed by atoms with van der Waals surface area (Å²) >= 11 is 0. The molecule has 0 amide bonds. The molecule has 0 bridgehead atoms. The Hall–Kier alpha value is -0.0800. The van der Waals surface area contributed by atoms with Crippen molar-refractivity contribution in [3.8, 4) is 0 Å². The molecule has 1 rings (SSSR count). The Bertz CT molecular complexity index is 159. The lowest BCUT2D eigenvalue weighted by molar-refractivity contribution is -0.123. The molecule has 78 valence electrons. The smallest absolute Gasteiger partial charge is 0.137 e. The first-order chi connectivity index (χ1) is 5.70. The van der Waals surface area contributed by atoms with Crippen LogP contribution in [-0.2, 0) is 4.79 Å². The molecule has 1 aliphatic rings. The van der Waals surface area contributed by atoms with E-state index in [1.165, 1.54) is 12.8 Å². The molecular weight excluding hydrogens is 186 g/mol. The van der Waals surface area contributed by atoms with Crippen LogP contribution in [0, 0.1) is 5.92 Å². The lowest BCUT2D eigenvalue weighted by atomic mass is 9.99. The van der Waals surface area contributed by atoms with Gasteiger partial charge in [0.1, 0.15) is 5.78 Å². The molecule has 3 heteroatoms. The maximum atomic E-state index is 11.5. The summed E-state index contributed by atoms with van der Waals surface area (Å²) in [5.74, 6) is 0.809. The summed E-state index contributed by atoms with van der Waals surface area (Å²) in [6.45, 7) is 0.943. The van der Waals surface area contributed by atoms with Crippen molar-refractivity contribution in [1.82, 2.24) is 4.90 Å². The molecule has 0 aromatic heterocycles.